The Labute approximate surface area is 162 Å². The molecule has 0 radical (unpaired) electrons. The van der Waals surface area contributed by atoms with Gasteiger partial charge in [0.05, 0.1) is 48.8 Å². The number of anilines is 1. The van der Waals surface area contributed by atoms with E-state index in [4.69, 9.17) is 4.74 Å². The van der Waals surface area contributed by atoms with Gasteiger partial charge in [0.15, 0.2) is 5.17 Å². The van der Waals surface area contributed by atoms with Gasteiger partial charge in [-0.25, -0.2) is 4.99 Å². The van der Waals surface area contributed by atoms with Crippen LogP contribution in [-0.2, 0) is 16.1 Å². The molecule has 0 aliphatic carbocycles. The highest BCUT2D eigenvalue weighted by Gasteiger charge is 2.28. The second-order valence-electron chi connectivity index (χ2n) is 6.43. The van der Waals surface area contributed by atoms with E-state index < -0.39 is 0 Å². The van der Waals surface area contributed by atoms with Gasteiger partial charge in [-0.05, 0) is 31.2 Å². The molecule has 2 aliphatic heterocycles. The largest absolute Gasteiger partial charge is 0.378 e. The SMILES string of the molecule is Cc1cnc(CN2C(=O)CS/C2=N\c2ccc(N3CCOCC3)cc2)cn1. The fourth-order valence-electron chi connectivity index (χ4n) is 2.97. The lowest BCUT2D eigenvalue weighted by Crippen LogP contribution is -2.36. The molecular formula is C19H21N5O2S. The summed E-state index contributed by atoms with van der Waals surface area (Å²) in [5.41, 5.74) is 3.62. The molecule has 1 amide bonds. The third-order valence-corrected chi connectivity index (χ3v) is 5.42. The van der Waals surface area contributed by atoms with Gasteiger partial charge in [-0.2, -0.15) is 0 Å². The first-order chi connectivity index (χ1) is 13.2. The van der Waals surface area contributed by atoms with Crippen LogP contribution in [0.1, 0.15) is 11.4 Å². The summed E-state index contributed by atoms with van der Waals surface area (Å²) in [7, 11) is 0. The van der Waals surface area contributed by atoms with E-state index >= 15 is 0 Å². The number of thioether (sulfide) groups is 1. The third kappa shape index (κ3) is 4.28. The van der Waals surface area contributed by atoms with Gasteiger partial charge in [-0.15, -0.1) is 0 Å². The summed E-state index contributed by atoms with van der Waals surface area (Å²) in [6.45, 7) is 5.62. The summed E-state index contributed by atoms with van der Waals surface area (Å²) < 4.78 is 5.40. The number of aromatic nitrogens is 2. The van der Waals surface area contributed by atoms with Gasteiger partial charge in [0, 0.05) is 25.0 Å². The van der Waals surface area contributed by atoms with Crippen molar-refractivity contribution in [2.45, 2.75) is 13.5 Å². The Balaban J connectivity index is 1.49. The first-order valence-electron chi connectivity index (χ1n) is 8.91. The standard InChI is InChI=1S/C19H21N5O2S/c1-14-10-21-16(11-20-14)12-24-18(25)13-27-19(24)22-15-2-4-17(5-3-15)23-6-8-26-9-7-23/h2-5,10-11H,6-9,12-13H2,1H3/b22-19-. The number of aliphatic imine (C=N–C) groups is 1. The van der Waals surface area contributed by atoms with E-state index in [1.54, 1.807) is 17.3 Å². The Morgan fingerprint density at radius 3 is 2.63 bits per heavy atom. The van der Waals surface area contributed by atoms with E-state index in [0.29, 0.717) is 17.5 Å². The van der Waals surface area contributed by atoms with Crippen LogP contribution in [0.4, 0.5) is 11.4 Å². The fourth-order valence-corrected chi connectivity index (χ4v) is 3.87. The number of carbonyl (C=O) groups is 1. The molecule has 2 aromatic rings. The van der Waals surface area contributed by atoms with Crippen LogP contribution in [0.15, 0.2) is 41.7 Å². The van der Waals surface area contributed by atoms with Gasteiger partial charge in [0.1, 0.15) is 0 Å². The van der Waals surface area contributed by atoms with Crippen molar-refractivity contribution in [1.29, 1.82) is 0 Å². The topological polar surface area (TPSA) is 70.9 Å². The van der Waals surface area contributed by atoms with E-state index in [9.17, 15) is 4.79 Å². The smallest absolute Gasteiger partial charge is 0.239 e. The minimum Gasteiger partial charge on any atom is -0.378 e. The number of amidine groups is 1. The van der Waals surface area contributed by atoms with Crippen molar-refractivity contribution in [3.05, 3.63) is 48.0 Å². The lowest BCUT2D eigenvalue weighted by Gasteiger charge is -2.28. The number of ether oxygens (including phenoxy) is 1. The molecule has 2 aliphatic rings. The molecule has 0 saturated carbocycles. The highest BCUT2D eigenvalue weighted by molar-refractivity contribution is 8.15. The Hall–Kier alpha value is -2.45. The maximum Gasteiger partial charge on any atom is 0.239 e. The lowest BCUT2D eigenvalue weighted by molar-refractivity contribution is -0.124. The van der Waals surface area contributed by atoms with Crippen LogP contribution < -0.4 is 4.90 Å². The molecule has 0 N–H and O–H groups in total. The number of amides is 1. The molecule has 0 spiro atoms. The zero-order valence-corrected chi connectivity index (χ0v) is 16.0. The lowest BCUT2D eigenvalue weighted by atomic mass is 10.2. The second-order valence-corrected chi connectivity index (χ2v) is 7.37. The number of benzene rings is 1. The summed E-state index contributed by atoms with van der Waals surface area (Å²) in [4.78, 5) is 29.5. The molecule has 0 unspecified atom stereocenters. The van der Waals surface area contributed by atoms with Gasteiger partial charge in [0.2, 0.25) is 5.91 Å². The van der Waals surface area contributed by atoms with Crippen LogP contribution in [0, 0.1) is 6.92 Å². The molecule has 2 fully saturated rings. The summed E-state index contributed by atoms with van der Waals surface area (Å²) in [5, 5.41) is 0.710. The van der Waals surface area contributed by atoms with E-state index in [2.05, 4.69) is 32.0 Å². The van der Waals surface area contributed by atoms with Crippen LogP contribution in [0.5, 0.6) is 0 Å². The summed E-state index contributed by atoms with van der Waals surface area (Å²) in [6.07, 6.45) is 3.42. The van der Waals surface area contributed by atoms with E-state index in [1.165, 1.54) is 17.4 Å². The summed E-state index contributed by atoms with van der Waals surface area (Å²) in [5.74, 6) is 0.454. The van der Waals surface area contributed by atoms with Gasteiger partial charge in [-0.1, -0.05) is 11.8 Å². The minimum absolute atomic E-state index is 0.0473. The van der Waals surface area contributed by atoms with Crippen molar-refractivity contribution in [2.24, 2.45) is 4.99 Å². The highest BCUT2D eigenvalue weighted by Crippen LogP contribution is 2.26. The molecule has 0 atom stereocenters. The zero-order valence-electron chi connectivity index (χ0n) is 15.2. The maximum absolute atomic E-state index is 12.3. The van der Waals surface area contributed by atoms with E-state index in [-0.39, 0.29) is 5.91 Å². The third-order valence-electron chi connectivity index (χ3n) is 4.46. The Morgan fingerprint density at radius 1 is 1.15 bits per heavy atom. The van der Waals surface area contributed by atoms with Crippen molar-refractivity contribution in [1.82, 2.24) is 14.9 Å². The average Bonchev–Trinajstić information content (AvgIpc) is 3.04. The number of nitrogens with zero attached hydrogens (tertiary/aromatic N) is 5. The molecule has 0 bridgehead atoms. The number of hydrogen-bond acceptors (Lipinski definition) is 7. The number of carbonyl (C=O) groups excluding carboxylic acids is 1. The number of morpholine rings is 1. The Kier molecular flexibility index (Phi) is 5.35. The van der Waals surface area contributed by atoms with Crippen molar-refractivity contribution < 1.29 is 9.53 Å². The van der Waals surface area contributed by atoms with E-state index in [1.807, 2.05) is 19.1 Å². The Bertz CT molecular complexity index is 832. The van der Waals surface area contributed by atoms with Crippen LogP contribution >= 0.6 is 11.8 Å². The molecule has 140 valence electrons. The molecule has 1 aromatic heterocycles. The van der Waals surface area contributed by atoms with Gasteiger partial charge in [-0.3, -0.25) is 19.7 Å². The fraction of sp³-hybridized carbons (Fsp3) is 0.368. The van der Waals surface area contributed by atoms with Crippen LogP contribution in [0.3, 0.4) is 0 Å². The molecular weight excluding hydrogens is 362 g/mol. The predicted octanol–water partition coefficient (Wildman–Crippen LogP) is 2.38. The number of hydrogen-bond donors (Lipinski definition) is 0. The van der Waals surface area contributed by atoms with Crippen LogP contribution in [0.25, 0.3) is 0 Å². The van der Waals surface area contributed by atoms with Gasteiger partial charge >= 0.3 is 0 Å². The van der Waals surface area contributed by atoms with Crippen LogP contribution in [0.2, 0.25) is 0 Å². The minimum atomic E-state index is 0.0473. The first-order valence-corrected chi connectivity index (χ1v) is 9.90. The molecule has 27 heavy (non-hydrogen) atoms. The highest BCUT2D eigenvalue weighted by atomic mass is 32.2. The van der Waals surface area contributed by atoms with E-state index in [0.717, 1.165) is 43.4 Å². The maximum atomic E-state index is 12.3. The predicted molar refractivity (Wildman–Crippen MR) is 106 cm³/mol. The molecule has 3 heterocycles. The van der Waals surface area contributed by atoms with Crippen LogP contribution in [-0.4, -0.2) is 58.0 Å². The second kappa shape index (κ2) is 8.06. The van der Waals surface area contributed by atoms with Gasteiger partial charge < -0.3 is 9.64 Å². The molecule has 7 nitrogen and oxygen atoms in total. The average molecular weight is 383 g/mol. The van der Waals surface area contributed by atoms with Crippen molar-refractivity contribution in [3.8, 4) is 0 Å². The number of aryl methyl sites for hydroxylation is 1. The summed E-state index contributed by atoms with van der Waals surface area (Å²) >= 11 is 1.46. The Morgan fingerprint density at radius 2 is 1.93 bits per heavy atom. The monoisotopic (exact) mass is 383 g/mol. The molecule has 1 aromatic carbocycles. The van der Waals surface area contributed by atoms with Crippen molar-refractivity contribution in [2.75, 3.05) is 37.0 Å². The van der Waals surface area contributed by atoms with Crippen molar-refractivity contribution >= 4 is 34.2 Å². The number of rotatable bonds is 4. The molecule has 4 rings (SSSR count). The van der Waals surface area contributed by atoms with Gasteiger partial charge in [0.25, 0.3) is 0 Å². The summed E-state index contributed by atoms with van der Waals surface area (Å²) in [6, 6.07) is 8.12. The quantitative estimate of drug-likeness (QED) is 0.807. The zero-order chi connectivity index (χ0) is 18.6. The van der Waals surface area contributed by atoms with Crippen molar-refractivity contribution in [3.63, 3.8) is 0 Å². The molecule has 8 heteroatoms. The molecule has 2 saturated heterocycles. The first kappa shape index (κ1) is 17.9. The normalized spacial score (nSPS) is 19.1.